The molecule has 0 bridgehead atoms. The molecular weight excluding hydrogens is 1810 g/mol. The number of aldehydes is 1. The van der Waals surface area contributed by atoms with Gasteiger partial charge in [0, 0.05) is 37.8 Å². The minimum Gasteiger partial charge on any atom is -1.00 e. The predicted molar refractivity (Wildman–Crippen MR) is 601 cm³/mol. The molecule has 3 saturated heterocycles. The summed E-state index contributed by atoms with van der Waals surface area (Å²) in [5, 5.41) is 22.2. The minimum atomic E-state index is -1.45. The summed E-state index contributed by atoms with van der Waals surface area (Å²) in [6.45, 7) is 53.5. The Labute approximate surface area is 864 Å². The van der Waals surface area contributed by atoms with Gasteiger partial charge in [0.25, 0.3) is 0 Å². The quantitative estimate of drug-likeness (QED) is 0.0105. The molecule has 0 radical (unpaired) electrons. The molecule has 4 fully saturated rings. The topological polar surface area (TPSA) is 73.2 Å². The third kappa shape index (κ3) is 44.5. The van der Waals surface area contributed by atoms with Gasteiger partial charge < -0.3 is 57.7 Å². The maximum Gasteiger partial charge on any atom is 2.00 e. The molecule has 0 amide bonds. The fourth-order valence-corrected chi connectivity index (χ4v) is 33.1. The van der Waals surface area contributed by atoms with Crippen LogP contribution in [0.25, 0.3) is 0 Å². The van der Waals surface area contributed by atoms with Crippen molar-refractivity contribution in [3.8, 4) is 0 Å². The van der Waals surface area contributed by atoms with Crippen molar-refractivity contribution in [2.75, 3.05) is 31.8 Å². The van der Waals surface area contributed by atoms with Crippen molar-refractivity contribution in [2.45, 2.75) is 390 Å². The summed E-state index contributed by atoms with van der Waals surface area (Å²) in [7, 11) is -6.52. The molecule has 10 rings (SSSR count). The molecule has 4 atom stereocenters. The molecule has 0 unspecified atom stereocenters. The molecule has 6 aromatic rings. The monoisotopic (exact) mass is 2000 g/mol. The number of aliphatic hydroxyl groups is 2. The molecule has 1 saturated carbocycles. The van der Waals surface area contributed by atoms with Gasteiger partial charge in [-0.05, 0) is 121 Å². The number of hydrogen-bond acceptors (Lipinski definition) is 6. The van der Waals surface area contributed by atoms with Crippen molar-refractivity contribution in [3.63, 3.8) is 0 Å². The normalized spacial score (nSPS) is 15.2. The van der Waals surface area contributed by atoms with Crippen molar-refractivity contribution >= 4 is 163 Å². The van der Waals surface area contributed by atoms with Crippen molar-refractivity contribution in [1.82, 2.24) is 9.80 Å². The number of ether oxygens (including phenoxy) is 1. The summed E-state index contributed by atoms with van der Waals surface area (Å²) in [6.07, 6.45) is 12.8. The Balaban J connectivity index is -0.000000142. The predicted octanol–water partition coefficient (Wildman–Crippen LogP) is 26.4. The largest absolute Gasteiger partial charge is 2.00 e. The Kier molecular flexibility index (Phi) is 95.5. The van der Waals surface area contributed by atoms with Crippen LogP contribution in [0.4, 0.5) is 0 Å². The van der Waals surface area contributed by atoms with Crippen molar-refractivity contribution < 1.29 is 44.6 Å². The second-order valence-electron chi connectivity index (χ2n) is 33.6. The summed E-state index contributed by atoms with van der Waals surface area (Å²) in [5.41, 5.74) is 7.48. The van der Waals surface area contributed by atoms with Gasteiger partial charge >= 0.3 is 46.1 Å². The van der Waals surface area contributed by atoms with E-state index in [0.29, 0.717) is 5.92 Å². The van der Waals surface area contributed by atoms with E-state index in [0.717, 1.165) is 69.8 Å². The van der Waals surface area contributed by atoms with E-state index in [-0.39, 0.29) is 180 Å². The first kappa shape index (κ1) is 149. The average molecular weight is 2010 g/mol. The van der Waals surface area contributed by atoms with Crippen LogP contribution in [0.3, 0.4) is 0 Å². The maximum atomic E-state index is 11.9. The number of carbonyl (C=O) groups is 1. The number of benzene rings is 6. The summed E-state index contributed by atoms with van der Waals surface area (Å²) < 4.78 is 4.94. The van der Waals surface area contributed by atoms with Gasteiger partial charge in [0.1, 0.15) is 6.29 Å². The Hall–Kier alpha value is -0.166. The van der Waals surface area contributed by atoms with E-state index in [1.165, 1.54) is 187 Å². The van der Waals surface area contributed by atoms with E-state index in [9.17, 15) is 15.0 Å². The van der Waals surface area contributed by atoms with Gasteiger partial charge in [-0.1, -0.05) is 471 Å². The van der Waals surface area contributed by atoms with E-state index in [2.05, 4.69) is 311 Å². The number of alkyl halides is 1. The molecule has 4 aliphatic rings. The molecule has 6 aromatic carbocycles. The van der Waals surface area contributed by atoms with E-state index in [1.807, 2.05) is 18.2 Å². The maximum absolute atomic E-state index is 11.9. The Morgan fingerprint density at radius 3 is 0.817 bits per heavy atom. The van der Waals surface area contributed by atoms with Crippen LogP contribution in [-0.2, 0) is 20.6 Å². The Morgan fingerprint density at radius 1 is 0.373 bits per heavy atom. The van der Waals surface area contributed by atoms with Crippen LogP contribution in [0.1, 0.15) is 267 Å². The first-order valence-corrected chi connectivity index (χ1v) is 64.0. The van der Waals surface area contributed by atoms with Crippen molar-refractivity contribution in [1.29, 1.82) is 0 Å². The summed E-state index contributed by atoms with van der Waals surface area (Å²) in [6, 6.07) is 90.4. The van der Waals surface area contributed by atoms with Gasteiger partial charge in [-0.2, -0.15) is 51.6 Å². The number of hydrogen-bond donors (Lipinski definition) is 2. The van der Waals surface area contributed by atoms with E-state index in [4.69, 9.17) is 27.4 Å². The van der Waals surface area contributed by atoms with E-state index in [1.54, 1.807) is 0 Å². The van der Waals surface area contributed by atoms with Gasteiger partial charge in [0.15, 0.2) is 7.38 Å². The zero-order valence-electron chi connectivity index (χ0n) is 79.0. The molecule has 21 heteroatoms. The number of nitrogens with zero attached hydrogens (tertiary/aromatic N) is 2. The molecule has 0 spiro atoms. The second-order valence-corrected chi connectivity index (χ2v) is 67.9. The van der Waals surface area contributed by atoms with Crippen LogP contribution in [0.15, 0.2) is 182 Å². The molecule has 126 heavy (non-hydrogen) atoms. The van der Waals surface area contributed by atoms with Gasteiger partial charge in [-0.15, -0.1) is 11.6 Å². The van der Waals surface area contributed by atoms with Crippen LogP contribution in [0.5, 0.6) is 0 Å². The molecule has 2 N–H and O–H groups in total. The van der Waals surface area contributed by atoms with Crippen LogP contribution in [0, 0.1) is 19.0 Å². The fourth-order valence-electron chi connectivity index (χ4n) is 17.7. The summed E-state index contributed by atoms with van der Waals surface area (Å²) in [4.78, 5) is 17.0. The smallest absolute Gasteiger partial charge is 1.00 e. The van der Waals surface area contributed by atoms with Gasteiger partial charge in [-0.25, -0.2) is 0 Å². The molecule has 1 aliphatic carbocycles. The van der Waals surface area contributed by atoms with Crippen LogP contribution >= 0.6 is 63.2 Å². The van der Waals surface area contributed by atoms with Gasteiger partial charge in [0.05, 0.1) is 53.5 Å². The first-order valence-electron chi connectivity index (χ1n) is 45.7. The zero-order chi connectivity index (χ0) is 83.9. The zero-order valence-corrected chi connectivity index (χ0v) is 93.8. The molecule has 6 nitrogen and oxygen atoms in total. The van der Waals surface area contributed by atoms with Crippen LogP contribution in [0.2, 0.25) is 121 Å². The van der Waals surface area contributed by atoms with Crippen molar-refractivity contribution in [2.24, 2.45) is 5.92 Å². The molecule has 724 valence electrons. The van der Waals surface area contributed by atoms with E-state index >= 15 is 0 Å². The van der Waals surface area contributed by atoms with Gasteiger partial charge in [-0.3, -0.25) is 9.80 Å². The minimum absolute atomic E-state index is 0. The average Bonchev–Trinajstić information content (AvgIpc) is 1.47. The number of likely N-dealkylation sites (tertiary alicyclic amines) is 2. The SMILES string of the molecule is C.C.C.C.C.C.C1CCOC1.CC[Si](CC)(CC)CCl.CC[Si](CC)(CC)C[C@@H](O)C1CCCC1.CC[Si](CC)(CC)C[C@@H](O)[C@@H]1CCCN1C(c1ccccc1)(c1ccccc1)c1ccccc1.CC[Si](Cl)(CC)CC.O=C[C@@H]1CCCN1C(c1ccccc1)(c1ccccc1)c1ccccc1.S.S.S.[CH2-][Si](CC)(CC)CC.[CH2-][Si](CC)(CC)CC.[Cl-].[Cl-].[Mg+2].[Mg+2]. The standard InChI is InChI=1S/C31H41NOSi.C24H23NO.C13H28OSi.C7H17ClSi.2C7H17Si.C6H15ClSi.C4H8O.6CH4.2ClH.2Mg.3H2S/c1-4-34(5-2,6-3)25-30(33)29-23-16-24-32(29)31(26-17-10-7-11-18-26,27-19-12-8-13-20-27)28-21-14-9-15-22-28;26-19-23-17-10-18-25(23)24(20-11-4-1-5-12-20,21-13-6-2-7-14-21)22-15-8-3-9-16-22;1-4-15(5-2,6-3)11-13(14)12-9-7-8-10-12;1-4-9(5-2,6-3)7-8;2*1-5-8(4,6-2)7-3;1-4-8(7,5-2)6-3;1-2-4-5-3-1;;;;;;;;;;;;;/h7-15,17-22,29-30,33H,4-6,16,23-25H2,1-3H3;1-9,11-16,19,23H,10,17-18H2;12-14H,4-11H2,1-3H3;4-7H2,1-3H3;2*4-7H2,1-3H3;4-6H2,1-3H3;1-4H2;6*1H4;2*1H;;;3*1H2/q;;;;2*-1;;;;;;;;;;;2*+2;;;/p-2/t29-,30+;23-;13-;;;;;;;;;;;;;;;;;;/m001................../s1. The van der Waals surface area contributed by atoms with Crippen LogP contribution in [-0.4, -0.2) is 176 Å². The first-order chi connectivity index (χ1) is 54.4. The molecule has 3 aliphatic heterocycles. The molecule has 3 heterocycles. The van der Waals surface area contributed by atoms with Gasteiger partial charge in [0.2, 0.25) is 0 Å². The second kappa shape index (κ2) is 80.9. The van der Waals surface area contributed by atoms with E-state index < -0.39 is 58.8 Å². The Bertz CT molecular complexity index is 3040. The number of aliphatic hydroxyl groups excluding tert-OH is 2. The summed E-state index contributed by atoms with van der Waals surface area (Å²) in [5.74, 6) is 0.640. The third-order valence-corrected chi connectivity index (χ3v) is 62.2. The third-order valence-electron chi connectivity index (χ3n) is 28.7. The fraction of sp³-hybridized carbons (Fsp3) is 0.629. The summed E-state index contributed by atoms with van der Waals surface area (Å²) >= 11 is 12.1. The van der Waals surface area contributed by atoms with Crippen LogP contribution < -0.4 is 24.8 Å². The number of rotatable bonds is 34. The number of carbonyl (C=O) groups excluding carboxylic acids is 1. The van der Waals surface area contributed by atoms with Crippen molar-refractivity contribution in [3.05, 3.63) is 228 Å². The Morgan fingerprint density at radius 2 is 0.619 bits per heavy atom. The number of halogens is 4. The molecular formula is C105H196Cl4Mg2N2O4S3Si6. The molecule has 0 aromatic heterocycles.